The van der Waals surface area contributed by atoms with Crippen molar-refractivity contribution in [2.24, 2.45) is 0 Å². The van der Waals surface area contributed by atoms with E-state index in [0.29, 0.717) is 44.8 Å². The molecule has 0 unspecified atom stereocenters. The highest BCUT2D eigenvalue weighted by molar-refractivity contribution is 5.91. The minimum absolute atomic E-state index is 0.455. The maximum Gasteiger partial charge on any atom is 0.162 e. The van der Waals surface area contributed by atoms with Crippen LogP contribution in [0.2, 0.25) is 0 Å². The molecular weight excluding hydrogens is 378 g/mol. The van der Waals surface area contributed by atoms with Crippen LogP contribution < -0.4 is 4.90 Å². The molecule has 2 aromatic carbocycles. The van der Waals surface area contributed by atoms with Crippen molar-refractivity contribution in [3.8, 4) is 11.4 Å². The van der Waals surface area contributed by atoms with E-state index < -0.39 is 17.3 Å². The SMILES string of the molecule is C[C@@]1(O)CCOC2(CCN(c3nc(-c4ccccc4)nc4ccccc34)CC2)[C@H]1O. The molecule has 6 heteroatoms. The van der Waals surface area contributed by atoms with Crippen molar-refractivity contribution in [2.75, 3.05) is 24.6 Å². The van der Waals surface area contributed by atoms with Crippen LogP contribution in [0.25, 0.3) is 22.3 Å². The molecule has 1 aromatic heterocycles. The molecule has 2 aliphatic rings. The van der Waals surface area contributed by atoms with Crippen molar-refractivity contribution in [3.05, 3.63) is 54.6 Å². The smallest absolute Gasteiger partial charge is 0.162 e. The van der Waals surface area contributed by atoms with Gasteiger partial charge in [0.1, 0.15) is 17.5 Å². The summed E-state index contributed by atoms with van der Waals surface area (Å²) < 4.78 is 6.05. The Morgan fingerprint density at radius 2 is 1.67 bits per heavy atom. The lowest BCUT2D eigenvalue weighted by Crippen LogP contribution is -2.64. The number of nitrogens with zero attached hydrogens (tertiary/aromatic N) is 3. The Kier molecular flexibility index (Phi) is 4.73. The highest BCUT2D eigenvalue weighted by atomic mass is 16.5. The number of hydrogen-bond acceptors (Lipinski definition) is 6. The van der Waals surface area contributed by atoms with Crippen molar-refractivity contribution in [1.82, 2.24) is 9.97 Å². The van der Waals surface area contributed by atoms with Crippen LogP contribution in [0.3, 0.4) is 0 Å². The summed E-state index contributed by atoms with van der Waals surface area (Å²) in [6, 6.07) is 18.1. The number of ether oxygens (including phenoxy) is 1. The van der Waals surface area contributed by atoms with Gasteiger partial charge in [-0.15, -0.1) is 0 Å². The number of anilines is 1. The molecule has 0 amide bonds. The number of fused-ring (bicyclic) bond motifs is 1. The minimum Gasteiger partial charge on any atom is -0.387 e. The van der Waals surface area contributed by atoms with Crippen LogP contribution in [0.4, 0.5) is 5.82 Å². The number of aliphatic hydroxyl groups is 2. The third-order valence-corrected chi connectivity index (χ3v) is 6.61. The van der Waals surface area contributed by atoms with Crippen molar-refractivity contribution in [2.45, 2.75) is 43.5 Å². The molecule has 0 radical (unpaired) electrons. The summed E-state index contributed by atoms with van der Waals surface area (Å²) in [4.78, 5) is 12.0. The van der Waals surface area contributed by atoms with Crippen LogP contribution in [0.15, 0.2) is 54.6 Å². The number of hydrogen-bond donors (Lipinski definition) is 2. The van der Waals surface area contributed by atoms with Crippen molar-refractivity contribution >= 4 is 16.7 Å². The predicted molar refractivity (Wildman–Crippen MR) is 116 cm³/mol. The van der Waals surface area contributed by atoms with Gasteiger partial charge in [-0.25, -0.2) is 9.97 Å². The first kappa shape index (κ1) is 19.4. The van der Waals surface area contributed by atoms with Gasteiger partial charge in [0, 0.05) is 30.5 Å². The Labute approximate surface area is 176 Å². The standard InChI is InChI=1S/C24H27N3O3/c1-23(29)13-16-30-24(22(23)28)11-14-27(15-12-24)21-18-9-5-6-10-19(18)25-20(26-21)17-7-3-2-4-8-17/h2-10,22,28-29H,11-16H2,1H3/t22-,23+/m0/s1. The highest BCUT2D eigenvalue weighted by Gasteiger charge is 2.52. The van der Waals surface area contributed by atoms with Crippen LogP contribution in [-0.4, -0.2) is 57.2 Å². The van der Waals surface area contributed by atoms with Gasteiger partial charge < -0.3 is 19.8 Å². The van der Waals surface area contributed by atoms with Crippen molar-refractivity contribution in [3.63, 3.8) is 0 Å². The Morgan fingerprint density at radius 3 is 2.43 bits per heavy atom. The first-order chi connectivity index (χ1) is 14.5. The molecule has 2 atom stereocenters. The molecule has 1 spiro atoms. The Morgan fingerprint density at radius 1 is 0.967 bits per heavy atom. The fourth-order valence-corrected chi connectivity index (χ4v) is 4.78. The van der Waals surface area contributed by atoms with E-state index in [-0.39, 0.29) is 0 Å². The fraction of sp³-hybridized carbons (Fsp3) is 0.417. The van der Waals surface area contributed by atoms with E-state index in [1.54, 1.807) is 6.92 Å². The summed E-state index contributed by atoms with van der Waals surface area (Å²) in [5.41, 5.74) is 0.102. The largest absolute Gasteiger partial charge is 0.387 e. The third kappa shape index (κ3) is 3.25. The molecule has 0 bridgehead atoms. The van der Waals surface area contributed by atoms with E-state index in [0.717, 1.165) is 22.3 Å². The molecule has 30 heavy (non-hydrogen) atoms. The molecule has 6 nitrogen and oxygen atoms in total. The van der Waals surface area contributed by atoms with Crippen molar-refractivity contribution < 1.29 is 14.9 Å². The monoisotopic (exact) mass is 405 g/mol. The van der Waals surface area contributed by atoms with E-state index >= 15 is 0 Å². The number of para-hydroxylation sites is 1. The zero-order chi connectivity index (χ0) is 20.8. The van der Waals surface area contributed by atoms with Gasteiger partial charge in [-0.05, 0) is 31.9 Å². The molecular formula is C24H27N3O3. The summed E-state index contributed by atoms with van der Waals surface area (Å²) in [6.07, 6.45) is 0.853. The fourth-order valence-electron chi connectivity index (χ4n) is 4.78. The summed E-state index contributed by atoms with van der Waals surface area (Å²) in [5, 5.41) is 22.4. The van der Waals surface area contributed by atoms with Crippen LogP contribution in [0, 0.1) is 0 Å². The number of benzene rings is 2. The van der Waals surface area contributed by atoms with Crippen LogP contribution in [0.5, 0.6) is 0 Å². The second-order valence-electron chi connectivity index (χ2n) is 8.66. The van der Waals surface area contributed by atoms with E-state index in [9.17, 15) is 10.2 Å². The summed E-state index contributed by atoms with van der Waals surface area (Å²) >= 11 is 0. The number of aromatic nitrogens is 2. The van der Waals surface area contributed by atoms with E-state index in [2.05, 4.69) is 11.0 Å². The molecule has 2 fully saturated rings. The van der Waals surface area contributed by atoms with Gasteiger partial charge in [-0.3, -0.25) is 0 Å². The van der Waals surface area contributed by atoms with Crippen LogP contribution in [0.1, 0.15) is 26.2 Å². The van der Waals surface area contributed by atoms with Crippen LogP contribution in [-0.2, 0) is 4.74 Å². The van der Waals surface area contributed by atoms with E-state index in [1.165, 1.54) is 0 Å². The van der Waals surface area contributed by atoms with Gasteiger partial charge in [0.05, 0.1) is 17.7 Å². The molecule has 156 valence electrons. The minimum atomic E-state index is -1.11. The Hall–Kier alpha value is -2.54. The van der Waals surface area contributed by atoms with Gasteiger partial charge in [0.15, 0.2) is 5.82 Å². The topological polar surface area (TPSA) is 78.7 Å². The second kappa shape index (κ2) is 7.30. The first-order valence-corrected chi connectivity index (χ1v) is 10.6. The van der Waals surface area contributed by atoms with Gasteiger partial charge >= 0.3 is 0 Å². The number of rotatable bonds is 2. The van der Waals surface area contributed by atoms with Gasteiger partial charge in [0.25, 0.3) is 0 Å². The Bertz CT molecular complexity index is 1050. The van der Waals surface area contributed by atoms with E-state index in [4.69, 9.17) is 14.7 Å². The van der Waals surface area contributed by atoms with E-state index in [1.807, 2.05) is 48.5 Å². The zero-order valence-corrected chi connectivity index (χ0v) is 17.2. The van der Waals surface area contributed by atoms with Gasteiger partial charge in [-0.1, -0.05) is 42.5 Å². The Balaban J connectivity index is 1.49. The quantitative estimate of drug-likeness (QED) is 0.682. The molecule has 2 N–H and O–H groups in total. The first-order valence-electron chi connectivity index (χ1n) is 10.6. The van der Waals surface area contributed by atoms with Gasteiger partial charge in [-0.2, -0.15) is 0 Å². The van der Waals surface area contributed by atoms with Crippen molar-refractivity contribution in [1.29, 1.82) is 0 Å². The number of aliphatic hydroxyl groups excluding tert-OH is 1. The lowest BCUT2D eigenvalue weighted by atomic mass is 9.75. The summed E-state index contributed by atoms with van der Waals surface area (Å²) in [7, 11) is 0. The van der Waals surface area contributed by atoms with Crippen LogP contribution >= 0.6 is 0 Å². The number of piperidine rings is 1. The zero-order valence-electron chi connectivity index (χ0n) is 17.2. The second-order valence-corrected chi connectivity index (χ2v) is 8.66. The maximum atomic E-state index is 10.8. The molecule has 3 aromatic rings. The third-order valence-electron chi connectivity index (χ3n) is 6.61. The average molecular weight is 405 g/mol. The average Bonchev–Trinajstić information content (AvgIpc) is 2.78. The summed E-state index contributed by atoms with van der Waals surface area (Å²) in [5.74, 6) is 1.62. The lowest BCUT2D eigenvalue weighted by Gasteiger charge is -2.51. The molecule has 3 heterocycles. The van der Waals surface area contributed by atoms with Gasteiger partial charge in [0.2, 0.25) is 0 Å². The molecule has 2 saturated heterocycles. The molecule has 0 aliphatic carbocycles. The predicted octanol–water partition coefficient (Wildman–Crippen LogP) is 3.17. The summed E-state index contributed by atoms with van der Waals surface area (Å²) in [6.45, 7) is 3.57. The maximum absolute atomic E-state index is 10.8. The molecule has 5 rings (SSSR count). The lowest BCUT2D eigenvalue weighted by molar-refractivity contribution is -0.239. The normalized spacial score (nSPS) is 26.2. The molecule has 2 aliphatic heterocycles. The highest BCUT2D eigenvalue weighted by Crippen LogP contribution is 2.41. The molecule has 0 saturated carbocycles.